The largest absolute Gasteiger partial charge is 0.341 e. The van der Waals surface area contributed by atoms with Crippen LogP contribution in [0.1, 0.15) is 24.0 Å². The Balaban J connectivity index is 1.50. The summed E-state index contributed by atoms with van der Waals surface area (Å²) in [4.78, 5) is 15.2. The van der Waals surface area contributed by atoms with Gasteiger partial charge in [-0.25, -0.2) is 8.42 Å². The first-order chi connectivity index (χ1) is 16.3. The fourth-order valence-corrected chi connectivity index (χ4v) is 6.07. The minimum Gasteiger partial charge on any atom is -0.341 e. The maximum absolute atomic E-state index is 13.6. The van der Waals surface area contributed by atoms with Gasteiger partial charge in [-0.1, -0.05) is 71.8 Å². The highest BCUT2D eigenvalue weighted by Gasteiger charge is 2.31. The number of carbonyl (C=O) groups excluding carboxylic acids is 1. The van der Waals surface area contributed by atoms with Gasteiger partial charge in [0.05, 0.1) is 15.6 Å². The minimum atomic E-state index is -3.98. The van der Waals surface area contributed by atoms with Crippen molar-refractivity contribution in [3.05, 3.63) is 95.0 Å². The number of amides is 1. The van der Waals surface area contributed by atoms with Crippen LogP contribution in [0.15, 0.2) is 83.8 Å². The number of hydrogen-bond donors (Lipinski definition) is 0. The van der Waals surface area contributed by atoms with Gasteiger partial charge in [0.1, 0.15) is 6.54 Å². The number of likely N-dealkylation sites (tertiary alicyclic amines) is 1. The number of carbonyl (C=O) groups is 1. The zero-order valence-corrected chi connectivity index (χ0v) is 20.8. The first-order valence-corrected chi connectivity index (χ1v) is 13.3. The Morgan fingerprint density at radius 2 is 1.56 bits per heavy atom. The standard InChI is InChI=1S/C27H29ClN2O3S/c1-21-11-13-24(14-12-21)34(32,33)30(26-10-6-5-9-25(26)28)20-27(31)29-17-15-23(16-18-29)19-22-7-3-2-4-8-22/h2-14,23H,15-20H2,1H3. The quantitative estimate of drug-likeness (QED) is 0.444. The Morgan fingerprint density at radius 3 is 2.21 bits per heavy atom. The molecule has 1 aliphatic rings. The molecule has 1 saturated heterocycles. The summed E-state index contributed by atoms with van der Waals surface area (Å²) in [6.07, 6.45) is 2.80. The van der Waals surface area contributed by atoms with E-state index in [1.54, 1.807) is 53.4 Å². The van der Waals surface area contributed by atoms with Gasteiger partial charge < -0.3 is 4.90 Å². The van der Waals surface area contributed by atoms with Crippen molar-refractivity contribution >= 4 is 33.2 Å². The van der Waals surface area contributed by atoms with E-state index in [2.05, 4.69) is 12.1 Å². The van der Waals surface area contributed by atoms with E-state index in [0.29, 0.717) is 24.7 Å². The summed E-state index contributed by atoms with van der Waals surface area (Å²) in [5, 5.41) is 0.285. The molecule has 1 amide bonds. The van der Waals surface area contributed by atoms with Crippen LogP contribution in [0.4, 0.5) is 5.69 Å². The summed E-state index contributed by atoms with van der Waals surface area (Å²) in [5.41, 5.74) is 2.57. The lowest BCUT2D eigenvalue weighted by Gasteiger charge is -2.34. The van der Waals surface area contributed by atoms with Gasteiger partial charge in [0.2, 0.25) is 5.91 Å². The number of sulfonamides is 1. The molecule has 4 rings (SSSR count). The van der Waals surface area contributed by atoms with Gasteiger partial charge in [0.25, 0.3) is 10.0 Å². The van der Waals surface area contributed by atoms with Crippen LogP contribution in [0.2, 0.25) is 5.02 Å². The van der Waals surface area contributed by atoms with Gasteiger partial charge in [0, 0.05) is 13.1 Å². The Labute approximate surface area is 207 Å². The minimum absolute atomic E-state index is 0.132. The third-order valence-corrected chi connectivity index (χ3v) is 8.44. The predicted molar refractivity (Wildman–Crippen MR) is 137 cm³/mol. The van der Waals surface area contributed by atoms with Gasteiger partial charge in [-0.15, -0.1) is 0 Å². The average Bonchev–Trinajstić information content (AvgIpc) is 2.84. The monoisotopic (exact) mass is 496 g/mol. The summed E-state index contributed by atoms with van der Waals surface area (Å²) in [5.74, 6) is 0.302. The second-order valence-electron chi connectivity index (χ2n) is 8.79. The summed E-state index contributed by atoms with van der Waals surface area (Å²) >= 11 is 6.37. The number of piperidine rings is 1. The van der Waals surface area contributed by atoms with Crippen LogP contribution >= 0.6 is 11.6 Å². The van der Waals surface area contributed by atoms with Gasteiger partial charge in [-0.05, 0) is 61.9 Å². The fourth-order valence-electron chi connectivity index (χ4n) is 4.35. The highest BCUT2D eigenvalue weighted by Crippen LogP contribution is 2.31. The highest BCUT2D eigenvalue weighted by molar-refractivity contribution is 7.92. The number of halogens is 1. The van der Waals surface area contributed by atoms with E-state index in [1.165, 1.54) is 5.56 Å². The van der Waals surface area contributed by atoms with E-state index in [1.807, 2.05) is 25.1 Å². The summed E-state index contributed by atoms with van der Waals surface area (Å²) in [7, 11) is -3.98. The summed E-state index contributed by atoms with van der Waals surface area (Å²) in [6.45, 7) is 2.85. The summed E-state index contributed by atoms with van der Waals surface area (Å²) in [6, 6.07) is 23.7. The van der Waals surface area contributed by atoms with Crippen molar-refractivity contribution in [1.82, 2.24) is 4.90 Å². The van der Waals surface area contributed by atoms with Crippen LogP contribution < -0.4 is 4.31 Å². The molecule has 178 valence electrons. The van der Waals surface area contributed by atoms with E-state index >= 15 is 0 Å². The van der Waals surface area contributed by atoms with Crippen molar-refractivity contribution in [3.8, 4) is 0 Å². The second-order valence-corrected chi connectivity index (χ2v) is 11.1. The van der Waals surface area contributed by atoms with Crippen molar-refractivity contribution in [2.75, 3.05) is 23.9 Å². The van der Waals surface area contributed by atoms with Crippen molar-refractivity contribution in [1.29, 1.82) is 0 Å². The molecule has 3 aromatic rings. The molecule has 0 saturated carbocycles. The fraction of sp³-hybridized carbons (Fsp3) is 0.296. The normalized spacial score (nSPS) is 14.7. The molecule has 3 aromatic carbocycles. The maximum Gasteiger partial charge on any atom is 0.264 e. The van der Waals surface area contributed by atoms with Crippen LogP contribution in [0, 0.1) is 12.8 Å². The number of hydrogen-bond acceptors (Lipinski definition) is 3. The molecule has 0 atom stereocenters. The van der Waals surface area contributed by atoms with Gasteiger partial charge in [-0.2, -0.15) is 0 Å². The molecular weight excluding hydrogens is 468 g/mol. The first-order valence-electron chi connectivity index (χ1n) is 11.5. The van der Waals surface area contributed by atoms with Crippen LogP contribution in [0.5, 0.6) is 0 Å². The third-order valence-electron chi connectivity index (χ3n) is 6.34. The molecular formula is C27H29ClN2O3S. The van der Waals surface area contributed by atoms with E-state index in [9.17, 15) is 13.2 Å². The van der Waals surface area contributed by atoms with Gasteiger partial charge in [0.15, 0.2) is 0 Å². The van der Waals surface area contributed by atoms with Crippen molar-refractivity contribution in [2.45, 2.75) is 31.1 Å². The number of rotatable bonds is 7. The molecule has 0 spiro atoms. The molecule has 0 bridgehead atoms. The molecule has 0 radical (unpaired) electrons. The van der Waals surface area contributed by atoms with E-state index in [4.69, 9.17) is 11.6 Å². The first kappa shape index (κ1) is 24.3. The average molecular weight is 497 g/mol. The Morgan fingerprint density at radius 1 is 0.941 bits per heavy atom. The number of nitrogens with zero attached hydrogens (tertiary/aromatic N) is 2. The zero-order valence-electron chi connectivity index (χ0n) is 19.2. The van der Waals surface area contributed by atoms with Crippen LogP contribution in [0.3, 0.4) is 0 Å². The van der Waals surface area contributed by atoms with Crippen molar-refractivity contribution < 1.29 is 13.2 Å². The van der Waals surface area contributed by atoms with Crippen molar-refractivity contribution in [2.24, 2.45) is 5.92 Å². The lowest BCUT2D eigenvalue weighted by atomic mass is 9.90. The van der Waals surface area contributed by atoms with Crippen LogP contribution in [0.25, 0.3) is 0 Å². The molecule has 1 aliphatic heterocycles. The predicted octanol–water partition coefficient (Wildman–Crippen LogP) is 5.33. The smallest absolute Gasteiger partial charge is 0.264 e. The number of anilines is 1. The zero-order chi connectivity index (χ0) is 24.1. The van der Waals surface area contributed by atoms with Gasteiger partial charge in [-0.3, -0.25) is 9.10 Å². The molecule has 5 nitrogen and oxygen atoms in total. The Hall–Kier alpha value is -2.83. The van der Waals surface area contributed by atoms with Gasteiger partial charge >= 0.3 is 0 Å². The molecule has 1 heterocycles. The molecule has 0 aromatic heterocycles. The molecule has 1 fully saturated rings. The molecule has 0 N–H and O–H groups in total. The molecule has 7 heteroatoms. The Kier molecular flexibility index (Phi) is 7.59. The molecule has 0 unspecified atom stereocenters. The van der Waals surface area contributed by atoms with E-state index < -0.39 is 10.0 Å². The van der Waals surface area contributed by atoms with E-state index in [-0.39, 0.29) is 22.4 Å². The second kappa shape index (κ2) is 10.6. The van der Waals surface area contributed by atoms with E-state index in [0.717, 1.165) is 29.1 Å². The SMILES string of the molecule is Cc1ccc(S(=O)(=O)N(CC(=O)N2CCC(Cc3ccccc3)CC2)c2ccccc2Cl)cc1. The number of benzene rings is 3. The number of para-hydroxylation sites is 1. The van der Waals surface area contributed by atoms with Crippen LogP contribution in [-0.2, 0) is 21.2 Å². The lowest BCUT2D eigenvalue weighted by Crippen LogP contribution is -2.46. The topological polar surface area (TPSA) is 57.7 Å². The summed E-state index contributed by atoms with van der Waals surface area (Å²) < 4.78 is 28.3. The van der Waals surface area contributed by atoms with Crippen molar-refractivity contribution in [3.63, 3.8) is 0 Å². The molecule has 0 aliphatic carbocycles. The molecule has 34 heavy (non-hydrogen) atoms. The van der Waals surface area contributed by atoms with Crippen LogP contribution in [-0.4, -0.2) is 38.9 Å². The number of aryl methyl sites for hydroxylation is 1. The maximum atomic E-state index is 13.6. The Bertz CT molecular complexity index is 1220. The highest BCUT2D eigenvalue weighted by atomic mass is 35.5. The lowest BCUT2D eigenvalue weighted by molar-refractivity contribution is -0.130. The third kappa shape index (κ3) is 5.62.